The van der Waals surface area contributed by atoms with Gasteiger partial charge in [0.1, 0.15) is 0 Å². The highest BCUT2D eigenvalue weighted by atomic mass is 16.3. The van der Waals surface area contributed by atoms with Crippen molar-refractivity contribution in [1.82, 2.24) is 4.90 Å². The summed E-state index contributed by atoms with van der Waals surface area (Å²) in [4.78, 5) is 7.14. The number of β-amino-alcohol motifs (C(OH)–C–C–N with tert-alkyl or cyclic N) is 1. The number of aliphatic hydroxyl groups excluding tert-OH is 1. The Morgan fingerprint density at radius 1 is 1.05 bits per heavy atom. The monoisotopic (exact) mass is 310 g/mol. The fourth-order valence-electron chi connectivity index (χ4n) is 3.31. The zero-order valence-corrected chi connectivity index (χ0v) is 15.4. The molecule has 3 nitrogen and oxygen atoms in total. The lowest BCUT2D eigenvalue weighted by atomic mass is 10.1. The molecule has 0 unspecified atom stereocenters. The molecule has 1 atom stereocenters. The third-order valence-electron chi connectivity index (χ3n) is 4.36. The number of hydrogen-bond acceptors (Lipinski definition) is 3. The largest absolute Gasteiger partial charge is 0.392 e. The van der Waals surface area contributed by atoms with Crippen molar-refractivity contribution >= 4 is 5.84 Å². The molecule has 0 saturated heterocycles. The van der Waals surface area contributed by atoms with Gasteiger partial charge in [-0.25, -0.2) is 0 Å². The van der Waals surface area contributed by atoms with Gasteiger partial charge in [-0.15, -0.1) is 0 Å². The summed E-state index contributed by atoms with van der Waals surface area (Å²) in [6, 6.07) is 0. The minimum atomic E-state index is -0.276. The van der Waals surface area contributed by atoms with Gasteiger partial charge in [-0.2, -0.15) is 0 Å². The van der Waals surface area contributed by atoms with Crippen LogP contribution in [0.2, 0.25) is 0 Å². The number of aliphatic imine (C=N–C) groups is 1. The van der Waals surface area contributed by atoms with Crippen molar-refractivity contribution in [3.8, 4) is 0 Å². The first-order chi connectivity index (χ1) is 10.4. The van der Waals surface area contributed by atoms with Crippen molar-refractivity contribution < 1.29 is 5.11 Å². The minimum absolute atomic E-state index is 0.0174. The van der Waals surface area contributed by atoms with Gasteiger partial charge in [0.2, 0.25) is 0 Å². The van der Waals surface area contributed by atoms with Crippen molar-refractivity contribution in [2.24, 2.45) is 4.99 Å². The van der Waals surface area contributed by atoms with Gasteiger partial charge in [-0.05, 0) is 27.2 Å². The molecule has 0 amide bonds. The molecule has 1 rings (SSSR count). The standard InChI is InChI=1S/C19H38N2O/c1-5-6-7-8-9-10-11-12-13-14-18-20-19(3,4)16-21(18)15-17(2)22/h17,22H,5-16H2,1-4H3/t17-/m1/s1. The molecule has 0 fully saturated rings. The number of aliphatic hydroxyl groups is 1. The molecule has 0 spiro atoms. The summed E-state index contributed by atoms with van der Waals surface area (Å²) in [6.45, 7) is 10.2. The second-order valence-corrected chi connectivity index (χ2v) is 7.65. The van der Waals surface area contributed by atoms with Gasteiger partial charge in [0.15, 0.2) is 0 Å². The summed E-state index contributed by atoms with van der Waals surface area (Å²) in [5.41, 5.74) is 0.0174. The van der Waals surface area contributed by atoms with Gasteiger partial charge >= 0.3 is 0 Å². The van der Waals surface area contributed by atoms with Gasteiger partial charge in [-0.1, -0.05) is 58.3 Å². The van der Waals surface area contributed by atoms with Crippen LogP contribution in [0.4, 0.5) is 0 Å². The Labute approximate surface area is 138 Å². The molecule has 1 heterocycles. The molecule has 0 aromatic rings. The van der Waals surface area contributed by atoms with Crippen LogP contribution >= 0.6 is 0 Å². The molecule has 1 aliphatic rings. The van der Waals surface area contributed by atoms with Crippen LogP contribution < -0.4 is 0 Å². The van der Waals surface area contributed by atoms with E-state index in [9.17, 15) is 5.11 Å². The average Bonchev–Trinajstić information content (AvgIpc) is 2.70. The van der Waals surface area contributed by atoms with Crippen LogP contribution in [0.25, 0.3) is 0 Å². The first-order valence-electron chi connectivity index (χ1n) is 9.46. The fourth-order valence-corrected chi connectivity index (χ4v) is 3.31. The van der Waals surface area contributed by atoms with Gasteiger partial charge in [0, 0.05) is 19.5 Å². The summed E-state index contributed by atoms with van der Waals surface area (Å²) in [7, 11) is 0. The highest BCUT2D eigenvalue weighted by molar-refractivity contribution is 5.84. The van der Waals surface area contributed by atoms with Crippen molar-refractivity contribution in [1.29, 1.82) is 0 Å². The Balaban J connectivity index is 2.14. The molecule has 130 valence electrons. The van der Waals surface area contributed by atoms with E-state index in [1.807, 2.05) is 6.92 Å². The van der Waals surface area contributed by atoms with Crippen LogP contribution in [0.5, 0.6) is 0 Å². The quantitative estimate of drug-likeness (QED) is 0.526. The molecule has 1 N–H and O–H groups in total. The van der Waals surface area contributed by atoms with Gasteiger partial charge in [0.25, 0.3) is 0 Å². The van der Waals surface area contributed by atoms with Gasteiger partial charge < -0.3 is 10.0 Å². The number of unbranched alkanes of at least 4 members (excludes halogenated alkanes) is 8. The van der Waals surface area contributed by atoms with E-state index >= 15 is 0 Å². The van der Waals surface area contributed by atoms with E-state index in [-0.39, 0.29) is 11.6 Å². The number of rotatable bonds is 12. The molecule has 0 radical (unpaired) electrons. The smallest absolute Gasteiger partial charge is 0.0998 e. The minimum Gasteiger partial charge on any atom is -0.392 e. The molecule has 22 heavy (non-hydrogen) atoms. The van der Waals surface area contributed by atoms with Crippen LogP contribution in [-0.4, -0.2) is 40.6 Å². The van der Waals surface area contributed by atoms with E-state index in [0.29, 0.717) is 0 Å². The Morgan fingerprint density at radius 3 is 2.14 bits per heavy atom. The topological polar surface area (TPSA) is 35.8 Å². The first-order valence-corrected chi connectivity index (χ1v) is 9.46. The third-order valence-corrected chi connectivity index (χ3v) is 4.36. The van der Waals surface area contributed by atoms with E-state index in [1.54, 1.807) is 0 Å². The number of nitrogens with zero attached hydrogens (tertiary/aromatic N) is 2. The fraction of sp³-hybridized carbons (Fsp3) is 0.947. The molecular weight excluding hydrogens is 272 g/mol. The zero-order valence-electron chi connectivity index (χ0n) is 15.4. The molecule has 3 heteroatoms. The molecular formula is C19H38N2O. The summed E-state index contributed by atoms with van der Waals surface area (Å²) in [6.07, 6.45) is 13.1. The Bertz CT molecular complexity index is 323. The summed E-state index contributed by atoms with van der Waals surface area (Å²) >= 11 is 0. The third kappa shape index (κ3) is 8.17. The van der Waals surface area contributed by atoms with Crippen molar-refractivity contribution in [3.05, 3.63) is 0 Å². The normalized spacial score (nSPS) is 18.6. The highest BCUT2D eigenvalue weighted by Gasteiger charge is 2.30. The first kappa shape index (κ1) is 19.5. The van der Waals surface area contributed by atoms with Gasteiger partial charge in [0.05, 0.1) is 17.5 Å². The summed E-state index contributed by atoms with van der Waals surface area (Å²) in [5, 5.41) is 9.63. The predicted octanol–water partition coefficient (Wildman–Crippen LogP) is 4.78. The highest BCUT2D eigenvalue weighted by Crippen LogP contribution is 2.23. The second-order valence-electron chi connectivity index (χ2n) is 7.65. The summed E-state index contributed by atoms with van der Waals surface area (Å²) < 4.78 is 0. The maximum absolute atomic E-state index is 9.63. The van der Waals surface area contributed by atoms with Crippen molar-refractivity contribution in [3.63, 3.8) is 0 Å². The maximum atomic E-state index is 9.63. The van der Waals surface area contributed by atoms with Crippen molar-refractivity contribution in [2.45, 2.75) is 104 Å². The maximum Gasteiger partial charge on any atom is 0.0998 e. The summed E-state index contributed by atoms with van der Waals surface area (Å²) in [5.74, 6) is 1.22. The lowest BCUT2D eigenvalue weighted by molar-refractivity contribution is 0.157. The van der Waals surface area contributed by atoms with E-state index in [1.165, 1.54) is 63.6 Å². The van der Waals surface area contributed by atoms with Gasteiger partial charge in [-0.3, -0.25) is 4.99 Å². The average molecular weight is 311 g/mol. The lowest BCUT2D eigenvalue weighted by Crippen LogP contribution is -2.37. The number of hydrogen-bond donors (Lipinski definition) is 1. The van der Waals surface area contributed by atoms with Crippen LogP contribution in [0.1, 0.15) is 91.9 Å². The van der Waals surface area contributed by atoms with E-state index in [2.05, 4.69) is 25.7 Å². The molecule has 0 aliphatic carbocycles. The zero-order chi connectivity index (χ0) is 16.4. The SMILES string of the molecule is CCCCCCCCCCCC1=NC(C)(C)CN1C[C@@H](C)O. The Hall–Kier alpha value is -0.570. The number of amidine groups is 1. The second kappa shape index (κ2) is 10.3. The molecule has 0 bridgehead atoms. The van der Waals surface area contributed by atoms with E-state index in [4.69, 9.17) is 4.99 Å². The molecule has 1 aliphatic heterocycles. The Kier molecular flexibility index (Phi) is 9.08. The van der Waals surface area contributed by atoms with Crippen LogP contribution in [0.15, 0.2) is 4.99 Å². The van der Waals surface area contributed by atoms with Crippen LogP contribution in [0.3, 0.4) is 0 Å². The Morgan fingerprint density at radius 2 is 1.59 bits per heavy atom. The molecule has 0 aromatic carbocycles. The van der Waals surface area contributed by atoms with E-state index < -0.39 is 0 Å². The predicted molar refractivity (Wildman–Crippen MR) is 96.6 cm³/mol. The van der Waals surface area contributed by atoms with E-state index in [0.717, 1.165) is 19.5 Å². The van der Waals surface area contributed by atoms with Crippen LogP contribution in [0, 0.1) is 0 Å². The molecule has 0 aromatic heterocycles. The van der Waals surface area contributed by atoms with Crippen LogP contribution in [-0.2, 0) is 0 Å². The lowest BCUT2D eigenvalue weighted by Gasteiger charge is -2.24. The van der Waals surface area contributed by atoms with Crippen molar-refractivity contribution in [2.75, 3.05) is 13.1 Å². The molecule has 0 saturated carbocycles.